The summed E-state index contributed by atoms with van der Waals surface area (Å²) < 4.78 is 6.90. The number of nitrogens with one attached hydrogen (secondary N) is 1. The third kappa shape index (κ3) is 5.01. The average Bonchev–Trinajstić information content (AvgIpc) is 3.26. The molecule has 1 aromatic carbocycles. The van der Waals surface area contributed by atoms with Crippen molar-refractivity contribution in [3.63, 3.8) is 0 Å². The monoisotopic (exact) mass is 384 g/mol. The number of ether oxygens (including phenoxy) is 1. The van der Waals surface area contributed by atoms with Crippen LogP contribution in [0, 0.1) is 6.92 Å². The van der Waals surface area contributed by atoms with E-state index in [0.717, 1.165) is 11.3 Å². The van der Waals surface area contributed by atoms with Crippen LogP contribution in [0.2, 0.25) is 0 Å². The Labute approximate surface area is 161 Å². The number of aryl methyl sites for hydroxylation is 1. The molecule has 0 radical (unpaired) electrons. The summed E-state index contributed by atoms with van der Waals surface area (Å²) >= 11 is 1.37. The van der Waals surface area contributed by atoms with Crippen LogP contribution < -0.4 is 5.32 Å². The lowest BCUT2D eigenvalue weighted by atomic mass is 10.2. The van der Waals surface area contributed by atoms with Crippen molar-refractivity contribution >= 4 is 23.2 Å². The summed E-state index contributed by atoms with van der Waals surface area (Å²) in [6.07, 6.45) is 1.69. The zero-order chi connectivity index (χ0) is 19.2. The third-order valence-electron chi connectivity index (χ3n) is 4.05. The Kier molecular flexibility index (Phi) is 5.97. The molecule has 1 amide bonds. The van der Waals surface area contributed by atoms with Crippen molar-refractivity contribution in [3.8, 4) is 0 Å². The molecule has 0 bridgehead atoms. The molecule has 0 saturated carbocycles. The highest BCUT2D eigenvalue weighted by Gasteiger charge is 2.15. The van der Waals surface area contributed by atoms with Gasteiger partial charge in [0.2, 0.25) is 5.91 Å². The minimum atomic E-state index is -0.434. The van der Waals surface area contributed by atoms with Gasteiger partial charge in [0.25, 0.3) is 0 Å². The quantitative estimate of drug-likeness (QED) is 0.632. The first-order chi connectivity index (χ1) is 13.0. The molecule has 3 aromatic rings. The van der Waals surface area contributed by atoms with Gasteiger partial charge in [-0.1, -0.05) is 30.3 Å². The molecular weight excluding hydrogens is 364 g/mol. The lowest BCUT2D eigenvalue weighted by Crippen LogP contribution is -2.24. The van der Waals surface area contributed by atoms with Crippen LogP contribution in [0.15, 0.2) is 41.9 Å². The Morgan fingerprint density at radius 2 is 2.04 bits per heavy atom. The fraction of sp³-hybridized carbons (Fsp3) is 0.263. The van der Waals surface area contributed by atoms with Gasteiger partial charge in [0.05, 0.1) is 18.3 Å². The summed E-state index contributed by atoms with van der Waals surface area (Å²) in [7, 11) is 1.77. The number of esters is 1. The summed E-state index contributed by atoms with van der Waals surface area (Å²) in [5, 5.41) is 9.38. The molecule has 0 unspecified atom stereocenters. The van der Waals surface area contributed by atoms with E-state index in [1.54, 1.807) is 24.0 Å². The number of nitrogens with zero attached hydrogens (tertiary/aromatic N) is 3. The first-order valence-electron chi connectivity index (χ1n) is 8.42. The van der Waals surface area contributed by atoms with Gasteiger partial charge in [-0.2, -0.15) is 5.10 Å². The van der Waals surface area contributed by atoms with E-state index in [9.17, 15) is 9.59 Å². The second-order valence-corrected chi connectivity index (χ2v) is 6.96. The molecule has 1 N–H and O–H groups in total. The second-order valence-electron chi connectivity index (χ2n) is 6.02. The Morgan fingerprint density at radius 3 is 2.74 bits per heavy atom. The number of carbonyl (C=O) groups excluding carboxylic acids is 2. The van der Waals surface area contributed by atoms with Crippen LogP contribution in [-0.2, 0) is 36.2 Å². The lowest BCUT2D eigenvalue weighted by Gasteiger charge is -2.04. The molecule has 8 heteroatoms. The highest BCUT2D eigenvalue weighted by molar-refractivity contribution is 7.09. The molecule has 0 saturated heterocycles. The molecule has 0 fully saturated rings. The van der Waals surface area contributed by atoms with E-state index in [0.29, 0.717) is 22.8 Å². The summed E-state index contributed by atoms with van der Waals surface area (Å²) in [5.74, 6) is -0.529. The molecule has 0 aliphatic heterocycles. The van der Waals surface area contributed by atoms with E-state index in [2.05, 4.69) is 15.4 Å². The van der Waals surface area contributed by atoms with Crippen molar-refractivity contribution in [3.05, 3.63) is 69.4 Å². The molecule has 2 aromatic heterocycles. The fourth-order valence-electron chi connectivity index (χ4n) is 2.41. The Balaban J connectivity index is 1.47. The maximum atomic E-state index is 12.1. The SMILES string of the molecule is Cc1c(C(=O)OCc2csc(CC(=O)NCc3ccccc3)n2)cnn1C. The number of amides is 1. The maximum Gasteiger partial charge on any atom is 0.342 e. The van der Waals surface area contributed by atoms with Gasteiger partial charge in [-0.25, -0.2) is 9.78 Å². The van der Waals surface area contributed by atoms with Crippen LogP contribution in [0.25, 0.3) is 0 Å². The Hall–Kier alpha value is -3.00. The molecule has 140 valence electrons. The summed E-state index contributed by atoms with van der Waals surface area (Å²) in [6.45, 7) is 2.36. The van der Waals surface area contributed by atoms with E-state index in [4.69, 9.17) is 4.74 Å². The van der Waals surface area contributed by atoms with Crippen LogP contribution in [-0.4, -0.2) is 26.6 Å². The van der Waals surface area contributed by atoms with Gasteiger partial charge < -0.3 is 10.1 Å². The van der Waals surface area contributed by atoms with Crippen LogP contribution in [0.4, 0.5) is 0 Å². The smallest absolute Gasteiger partial charge is 0.342 e. The van der Waals surface area contributed by atoms with Gasteiger partial charge in [0, 0.05) is 24.7 Å². The standard InChI is InChI=1S/C19H20N4O3S/c1-13-16(10-21-23(13)2)19(25)26-11-15-12-27-18(22-15)8-17(24)20-9-14-6-4-3-5-7-14/h3-7,10,12H,8-9,11H2,1-2H3,(H,20,24). The van der Waals surface area contributed by atoms with Crippen LogP contribution in [0.5, 0.6) is 0 Å². The van der Waals surface area contributed by atoms with Crippen LogP contribution in [0.3, 0.4) is 0 Å². The van der Waals surface area contributed by atoms with Gasteiger partial charge in [-0.15, -0.1) is 11.3 Å². The first kappa shape index (κ1) is 18.8. The van der Waals surface area contributed by atoms with Gasteiger partial charge in [0.15, 0.2) is 0 Å². The Bertz CT molecular complexity index is 934. The number of thiazole rings is 1. The molecule has 7 nitrogen and oxygen atoms in total. The topological polar surface area (TPSA) is 86.1 Å². The van der Waals surface area contributed by atoms with Crippen LogP contribution in [0.1, 0.15) is 32.3 Å². The number of hydrogen-bond acceptors (Lipinski definition) is 6. The van der Waals surface area contributed by atoms with E-state index < -0.39 is 5.97 Å². The minimum Gasteiger partial charge on any atom is -0.455 e. The molecule has 0 aliphatic carbocycles. The van der Waals surface area contributed by atoms with E-state index >= 15 is 0 Å². The third-order valence-corrected chi connectivity index (χ3v) is 4.95. The van der Waals surface area contributed by atoms with Crippen molar-refractivity contribution in [1.29, 1.82) is 0 Å². The van der Waals surface area contributed by atoms with E-state index in [1.165, 1.54) is 17.5 Å². The molecular formula is C19H20N4O3S. The van der Waals surface area contributed by atoms with Gasteiger partial charge >= 0.3 is 5.97 Å². The van der Waals surface area contributed by atoms with Crippen molar-refractivity contribution < 1.29 is 14.3 Å². The molecule has 27 heavy (non-hydrogen) atoms. The lowest BCUT2D eigenvalue weighted by molar-refractivity contribution is -0.120. The van der Waals surface area contributed by atoms with E-state index in [-0.39, 0.29) is 18.9 Å². The van der Waals surface area contributed by atoms with Crippen molar-refractivity contribution in [2.24, 2.45) is 7.05 Å². The summed E-state index contributed by atoms with van der Waals surface area (Å²) in [6, 6.07) is 9.72. The average molecular weight is 384 g/mol. The molecule has 3 rings (SSSR count). The Morgan fingerprint density at radius 1 is 1.26 bits per heavy atom. The minimum absolute atomic E-state index is 0.0648. The maximum absolute atomic E-state index is 12.1. The highest BCUT2D eigenvalue weighted by Crippen LogP contribution is 2.14. The second kappa shape index (κ2) is 8.59. The number of hydrogen-bond donors (Lipinski definition) is 1. The zero-order valence-electron chi connectivity index (χ0n) is 15.1. The van der Waals surface area contributed by atoms with Gasteiger partial charge in [-0.3, -0.25) is 9.48 Å². The number of benzene rings is 1. The molecule has 0 spiro atoms. The van der Waals surface area contributed by atoms with Crippen LogP contribution >= 0.6 is 11.3 Å². The molecule has 0 atom stereocenters. The number of carbonyl (C=O) groups is 2. The van der Waals surface area contributed by atoms with Crippen molar-refractivity contribution in [2.45, 2.75) is 26.5 Å². The zero-order valence-corrected chi connectivity index (χ0v) is 16.0. The largest absolute Gasteiger partial charge is 0.455 e. The fourth-order valence-corrected chi connectivity index (χ4v) is 3.19. The predicted molar refractivity (Wildman–Crippen MR) is 101 cm³/mol. The molecule has 2 heterocycles. The van der Waals surface area contributed by atoms with E-state index in [1.807, 2.05) is 30.3 Å². The van der Waals surface area contributed by atoms with Crippen molar-refractivity contribution in [2.75, 3.05) is 0 Å². The first-order valence-corrected chi connectivity index (χ1v) is 9.30. The van der Waals surface area contributed by atoms with Crippen molar-refractivity contribution in [1.82, 2.24) is 20.1 Å². The summed E-state index contributed by atoms with van der Waals surface area (Å²) in [5.41, 5.74) is 2.85. The normalized spacial score (nSPS) is 10.6. The summed E-state index contributed by atoms with van der Waals surface area (Å²) in [4.78, 5) is 28.5. The van der Waals surface area contributed by atoms with Gasteiger partial charge in [0.1, 0.15) is 17.2 Å². The number of aromatic nitrogens is 3. The number of rotatable bonds is 7. The molecule has 0 aliphatic rings. The predicted octanol–water partition coefficient (Wildman–Crippen LogP) is 2.40. The highest BCUT2D eigenvalue weighted by atomic mass is 32.1. The van der Waals surface area contributed by atoms with Gasteiger partial charge in [-0.05, 0) is 12.5 Å².